The van der Waals surface area contributed by atoms with E-state index in [1.807, 2.05) is 30.6 Å². The van der Waals surface area contributed by atoms with E-state index in [1.165, 1.54) is 64.2 Å². The summed E-state index contributed by atoms with van der Waals surface area (Å²) >= 11 is -5.03. The summed E-state index contributed by atoms with van der Waals surface area (Å²) in [6, 6.07) is 9.90. The molecule has 0 unspecified atom stereocenters. The normalized spacial score (nSPS) is 18.2. The van der Waals surface area contributed by atoms with E-state index in [1.54, 1.807) is 0 Å². The zero-order valence-corrected chi connectivity index (χ0v) is 17.0. The van der Waals surface area contributed by atoms with Gasteiger partial charge in [0.15, 0.2) is 12.4 Å². The third-order valence-electron chi connectivity index (χ3n) is 4.24. The Hall–Kier alpha value is -1.09. The molecule has 2 aliphatic carbocycles. The van der Waals surface area contributed by atoms with Gasteiger partial charge < -0.3 is 0 Å². The Labute approximate surface area is 162 Å². The first-order valence-corrected chi connectivity index (χ1v) is 12.5. The number of aromatic nitrogens is 1. The van der Waals surface area contributed by atoms with Crippen molar-refractivity contribution in [2.75, 3.05) is 0 Å². The molecule has 0 saturated heterocycles. The van der Waals surface area contributed by atoms with Crippen molar-refractivity contribution in [1.82, 2.24) is 0 Å². The number of hydrogen-bond donors (Lipinski definition) is 0. The minimum Gasteiger partial charge on any atom is -0.218 e. The van der Waals surface area contributed by atoms with Crippen LogP contribution in [0.1, 0.15) is 64.2 Å². The third kappa shape index (κ3) is 15.2. The van der Waals surface area contributed by atoms with Crippen LogP contribution in [-0.4, -0.2) is 18.1 Å². The Balaban J connectivity index is 0.000000253. The number of nitrogens with one attached hydrogen (secondary N) is 1. The number of rotatable bonds is 2. The number of halogens is 1. The van der Waals surface area contributed by atoms with Crippen LogP contribution < -0.4 is 9.14 Å². The molecule has 0 aliphatic heterocycles. The van der Waals surface area contributed by atoms with Crippen molar-refractivity contribution >= 4 is 16.1 Å². The minimum absolute atomic E-state index is 0.533. The summed E-state index contributed by atoms with van der Waals surface area (Å²) < 4.78 is 26.7. The van der Waals surface area contributed by atoms with E-state index >= 15 is 0 Å². The molecule has 3 rings (SSSR count). The maximum atomic E-state index is 8.91. The van der Waals surface area contributed by atoms with Crippen molar-refractivity contribution in [1.29, 1.82) is 0 Å². The summed E-state index contributed by atoms with van der Waals surface area (Å²) in [6.45, 7) is 0. The molecule has 0 aromatic carbocycles. The van der Waals surface area contributed by atoms with Crippen LogP contribution in [0, 0.1) is 0 Å². The Kier molecular flexibility index (Phi) is 12.4. The zero-order chi connectivity index (χ0) is 19.1. The molecule has 1 N–H and O–H groups in total. The van der Waals surface area contributed by atoms with E-state index in [-0.39, 0.29) is 0 Å². The average molecular weight is 422 g/mol. The summed E-state index contributed by atoms with van der Waals surface area (Å²) in [5.74, 6) is 0. The Morgan fingerprint density at radius 2 is 1.23 bits per heavy atom. The molecule has 26 heavy (non-hydrogen) atoms. The largest absolute Gasteiger partial charge is 0.218 e. The molecule has 0 amide bonds. The summed E-state index contributed by atoms with van der Waals surface area (Å²) in [6.07, 6.45) is 17.0. The molecule has 2 aliphatic rings. The summed E-state index contributed by atoms with van der Waals surface area (Å²) in [5.41, 5.74) is 0. The van der Waals surface area contributed by atoms with Crippen molar-refractivity contribution in [2.24, 2.45) is 9.98 Å². The van der Waals surface area contributed by atoms with E-state index in [4.69, 9.17) is 11.8 Å². The molecule has 1 aromatic rings. The van der Waals surface area contributed by atoms with Crippen LogP contribution in [0.25, 0.3) is 0 Å². The van der Waals surface area contributed by atoms with E-state index < -0.39 is 12.4 Å². The first kappa shape index (κ1) is 23.0. The molecule has 0 bridgehead atoms. The standard InChI is InChI=1S/C13H22N2.C5H5N.ClH.Cr.3O/c1-3-7-12(8-4-1)14-11-15-13-9-5-2-6-10-13;1-2-4-6-5-3-1;;;;;/h12-13H,1-10H2;1-5H;1H;;;;/q;;;+1;;;-1. The van der Waals surface area contributed by atoms with Gasteiger partial charge in [-0.1, -0.05) is 44.6 Å². The molecule has 2 saturated carbocycles. The van der Waals surface area contributed by atoms with Crippen LogP contribution in [0.2, 0.25) is 0 Å². The van der Waals surface area contributed by atoms with Gasteiger partial charge in [0.25, 0.3) is 0 Å². The number of H-pyrrole nitrogens is 1. The third-order valence-corrected chi connectivity index (χ3v) is 4.24. The first-order chi connectivity index (χ1) is 12.4. The summed E-state index contributed by atoms with van der Waals surface area (Å²) in [5, 5.41) is 0. The summed E-state index contributed by atoms with van der Waals surface area (Å²) in [4.78, 5) is 11.8. The Morgan fingerprint density at radius 3 is 1.50 bits per heavy atom. The summed E-state index contributed by atoms with van der Waals surface area (Å²) in [7, 11) is 4.02. The maximum Gasteiger partial charge on any atom is 0.166 e. The number of hydrogen-bond acceptors (Lipinski definition) is 5. The van der Waals surface area contributed by atoms with Gasteiger partial charge in [0.05, 0.1) is 18.1 Å². The van der Waals surface area contributed by atoms with Crippen LogP contribution in [-0.2, 0) is 20.0 Å². The Bertz CT molecular complexity index is 566. The number of aliphatic imine (C=N–C) groups is 2. The molecule has 0 radical (unpaired) electrons. The molecule has 146 valence electrons. The molecular formula is C18H28ClCrN3O3. The fourth-order valence-electron chi connectivity index (χ4n) is 2.96. The fraction of sp³-hybridized carbons (Fsp3) is 0.667. The van der Waals surface area contributed by atoms with Crippen LogP contribution in [0.15, 0.2) is 40.6 Å². The number of nitrogens with zero attached hydrogens (tertiary/aromatic N) is 2. The smallest absolute Gasteiger partial charge is 0.166 e. The molecular weight excluding hydrogens is 394 g/mol. The van der Waals surface area contributed by atoms with Gasteiger partial charge in [0, 0.05) is 12.1 Å². The number of pyridine rings is 1. The fourth-order valence-corrected chi connectivity index (χ4v) is 2.96. The minimum atomic E-state index is -5.03. The van der Waals surface area contributed by atoms with Crippen molar-refractivity contribution in [3.05, 3.63) is 30.6 Å². The van der Waals surface area contributed by atoms with Crippen LogP contribution >= 0.6 is 10.0 Å². The molecule has 0 atom stereocenters. The van der Waals surface area contributed by atoms with E-state index in [0.717, 1.165) is 0 Å². The van der Waals surface area contributed by atoms with Gasteiger partial charge in [-0.15, -0.1) is 0 Å². The predicted octanol–water partition coefficient (Wildman–Crippen LogP) is 3.59. The monoisotopic (exact) mass is 421 g/mol. The van der Waals surface area contributed by atoms with Gasteiger partial charge in [0.2, 0.25) is 0 Å². The average Bonchev–Trinajstić information content (AvgIpc) is 2.64. The van der Waals surface area contributed by atoms with Crippen molar-refractivity contribution < 1.29 is 29.1 Å². The van der Waals surface area contributed by atoms with Gasteiger partial charge in [-0.2, -0.15) is 0 Å². The molecule has 1 heterocycles. The van der Waals surface area contributed by atoms with E-state index in [9.17, 15) is 0 Å². The van der Waals surface area contributed by atoms with Gasteiger partial charge >= 0.3 is 34.2 Å². The van der Waals surface area contributed by atoms with Crippen LogP contribution in [0.3, 0.4) is 0 Å². The van der Waals surface area contributed by atoms with Gasteiger partial charge in [0.1, 0.15) is 0 Å². The second-order valence-electron chi connectivity index (χ2n) is 6.41. The van der Waals surface area contributed by atoms with Crippen molar-refractivity contribution in [2.45, 2.75) is 76.3 Å². The number of aromatic amines is 1. The van der Waals surface area contributed by atoms with Crippen LogP contribution in [0.4, 0.5) is 0 Å². The SMILES string of the molecule is C(=NC1CCCCC1)=NC1CCCCC1.[O]=[Cr](=[O])([O-])[Cl].c1cc[nH+]cc1. The van der Waals surface area contributed by atoms with Gasteiger partial charge in [-0.25, -0.2) is 15.0 Å². The zero-order valence-electron chi connectivity index (χ0n) is 15.0. The van der Waals surface area contributed by atoms with Crippen molar-refractivity contribution in [3.8, 4) is 0 Å². The van der Waals surface area contributed by atoms with Crippen LogP contribution in [0.5, 0.6) is 0 Å². The second kappa shape index (κ2) is 14.0. The first-order valence-electron chi connectivity index (χ1n) is 9.16. The molecule has 6 nitrogen and oxygen atoms in total. The topological polar surface area (TPSA) is 96.1 Å². The van der Waals surface area contributed by atoms with Crippen molar-refractivity contribution in [3.63, 3.8) is 0 Å². The second-order valence-corrected chi connectivity index (χ2v) is 9.20. The molecule has 8 heteroatoms. The molecule has 0 spiro atoms. The quantitative estimate of drug-likeness (QED) is 0.682. The Morgan fingerprint density at radius 1 is 0.846 bits per heavy atom. The van der Waals surface area contributed by atoms with E-state index in [2.05, 4.69) is 31.0 Å². The predicted molar refractivity (Wildman–Crippen MR) is 93.8 cm³/mol. The van der Waals surface area contributed by atoms with E-state index in [0.29, 0.717) is 12.1 Å². The molecule has 2 fully saturated rings. The molecule has 1 aromatic heterocycles. The van der Waals surface area contributed by atoms with Gasteiger partial charge in [-0.3, -0.25) is 0 Å². The van der Waals surface area contributed by atoms with Gasteiger partial charge in [-0.05, 0) is 25.7 Å². The maximum absolute atomic E-state index is 8.91.